The van der Waals surface area contributed by atoms with Crippen LogP contribution in [-0.2, 0) is 17.8 Å². The van der Waals surface area contributed by atoms with E-state index in [-0.39, 0.29) is 11.9 Å². The molecule has 126 valence electrons. The summed E-state index contributed by atoms with van der Waals surface area (Å²) in [7, 11) is 0. The van der Waals surface area contributed by atoms with Crippen LogP contribution in [-0.4, -0.2) is 30.0 Å². The Morgan fingerprint density at radius 2 is 1.96 bits per heavy atom. The van der Waals surface area contributed by atoms with Gasteiger partial charge in [-0.05, 0) is 37.1 Å². The third-order valence-corrected chi connectivity index (χ3v) is 4.54. The first kappa shape index (κ1) is 16.5. The van der Waals surface area contributed by atoms with E-state index < -0.39 is 0 Å². The maximum absolute atomic E-state index is 12.6. The SMILES string of the molecule is CCc1ccc(NC(=O)C(C)N2CCOc3ccccc3C2)cc1. The van der Waals surface area contributed by atoms with E-state index in [0.717, 1.165) is 36.5 Å². The molecule has 1 atom stereocenters. The molecule has 0 spiro atoms. The first-order valence-corrected chi connectivity index (χ1v) is 8.52. The van der Waals surface area contributed by atoms with E-state index in [4.69, 9.17) is 4.74 Å². The predicted molar refractivity (Wildman–Crippen MR) is 96.3 cm³/mol. The fourth-order valence-electron chi connectivity index (χ4n) is 2.91. The first-order chi connectivity index (χ1) is 11.7. The molecule has 1 aliphatic heterocycles. The molecule has 1 amide bonds. The third-order valence-electron chi connectivity index (χ3n) is 4.54. The number of anilines is 1. The standard InChI is InChI=1S/C20H24N2O2/c1-3-16-8-10-18(11-9-16)21-20(23)15(2)22-12-13-24-19-7-5-4-6-17(19)14-22/h4-11,15H,3,12-14H2,1-2H3,(H,21,23). The van der Waals surface area contributed by atoms with Gasteiger partial charge in [-0.15, -0.1) is 0 Å². The number of carbonyl (C=O) groups is 1. The molecular formula is C20H24N2O2. The first-order valence-electron chi connectivity index (χ1n) is 8.52. The third kappa shape index (κ3) is 3.77. The lowest BCUT2D eigenvalue weighted by atomic mass is 10.1. The minimum Gasteiger partial charge on any atom is -0.492 e. The van der Waals surface area contributed by atoms with Crippen molar-refractivity contribution in [2.75, 3.05) is 18.5 Å². The van der Waals surface area contributed by atoms with E-state index in [2.05, 4.69) is 35.3 Å². The van der Waals surface area contributed by atoms with Crippen LogP contribution < -0.4 is 10.1 Å². The zero-order chi connectivity index (χ0) is 16.9. The summed E-state index contributed by atoms with van der Waals surface area (Å²) in [5.74, 6) is 0.932. The Morgan fingerprint density at radius 3 is 2.71 bits per heavy atom. The number of hydrogen-bond donors (Lipinski definition) is 1. The number of benzene rings is 2. The fourth-order valence-corrected chi connectivity index (χ4v) is 2.91. The lowest BCUT2D eigenvalue weighted by molar-refractivity contribution is -0.121. The molecule has 0 radical (unpaired) electrons. The summed E-state index contributed by atoms with van der Waals surface area (Å²) in [4.78, 5) is 14.8. The van der Waals surface area contributed by atoms with E-state index in [0.29, 0.717) is 6.61 Å². The molecule has 0 saturated heterocycles. The number of rotatable bonds is 4. The van der Waals surface area contributed by atoms with Gasteiger partial charge in [-0.2, -0.15) is 0 Å². The number of aryl methyl sites for hydroxylation is 1. The van der Waals surface area contributed by atoms with Gasteiger partial charge in [-0.25, -0.2) is 0 Å². The van der Waals surface area contributed by atoms with Gasteiger partial charge in [0.1, 0.15) is 12.4 Å². The van der Waals surface area contributed by atoms with Gasteiger partial charge < -0.3 is 10.1 Å². The topological polar surface area (TPSA) is 41.6 Å². The highest BCUT2D eigenvalue weighted by molar-refractivity contribution is 5.94. The summed E-state index contributed by atoms with van der Waals surface area (Å²) in [6, 6.07) is 15.8. The highest BCUT2D eigenvalue weighted by atomic mass is 16.5. The smallest absolute Gasteiger partial charge is 0.241 e. The molecule has 4 heteroatoms. The Kier molecular flexibility index (Phi) is 5.16. The van der Waals surface area contributed by atoms with Crippen molar-refractivity contribution in [3.8, 4) is 5.75 Å². The Balaban J connectivity index is 1.66. The summed E-state index contributed by atoms with van der Waals surface area (Å²) in [6.45, 7) is 6.12. The second kappa shape index (κ2) is 7.49. The molecule has 0 aliphatic carbocycles. The van der Waals surface area contributed by atoms with Crippen molar-refractivity contribution in [2.24, 2.45) is 0 Å². The number of ether oxygens (including phenoxy) is 1. The van der Waals surface area contributed by atoms with Crippen molar-refractivity contribution in [1.82, 2.24) is 4.90 Å². The van der Waals surface area contributed by atoms with Crippen molar-refractivity contribution in [3.63, 3.8) is 0 Å². The summed E-state index contributed by atoms with van der Waals surface area (Å²) in [5, 5.41) is 3.01. The van der Waals surface area contributed by atoms with E-state index in [9.17, 15) is 4.79 Å². The lowest BCUT2D eigenvalue weighted by Gasteiger charge is -2.26. The van der Waals surface area contributed by atoms with Crippen molar-refractivity contribution in [2.45, 2.75) is 32.9 Å². The van der Waals surface area contributed by atoms with Crippen molar-refractivity contribution in [1.29, 1.82) is 0 Å². The van der Waals surface area contributed by atoms with E-state index in [1.54, 1.807) is 0 Å². The molecule has 4 nitrogen and oxygen atoms in total. The maximum Gasteiger partial charge on any atom is 0.241 e. The summed E-state index contributed by atoms with van der Waals surface area (Å²) < 4.78 is 5.78. The minimum absolute atomic E-state index is 0.0126. The van der Waals surface area contributed by atoms with Gasteiger partial charge in [0.25, 0.3) is 0 Å². The average molecular weight is 324 g/mol. The van der Waals surface area contributed by atoms with Gasteiger partial charge in [0.15, 0.2) is 0 Å². The monoisotopic (exact) mass is 324 g/mol. The Bertz CT molecular complexity index is 697. The maximum atomic E-state index is 12.6. The number of amides is 1. The molecule has 1 N–H and O–H groups in total. The predicted octanol–water partition coefficient (Wildman–Crippen LogP) is 3.47. The van der Waals surface area contributed by atoms with Crippen molar-refractivity contribution in [3.05, 3.63) is 59.7 Å². The molecule has 1 unspecified atom stereocenters. The molecule has 24 heavy (non-hydrogen) atoms. The van der Waals surface area contributed by atoms with Gasteiger partial charge in [0, 0.05) is 24.3 Å². The Hall–Kier alpha value is -2.33. The quantitative estimate of drug-likeness (QED) is 0.936. The normalized spacial score (nSPS) is 15.8. The van der Waals surface area contributed by atoms with Crippen molar-refractivity contribution >= 4 is 11.6 Å². The van der Waals surface area contributed by atoms with E-state index in [1.807, 2.05) is 37.3 Å². The molecule has 0 aromatic heterocycles. The zero-order valence-corrected chi connectivity index (χ0v) is 14.3. The molecule has 0 fully saturated rings. The van der Waals surface area contributed by atoms with Gasteiger partial charge in [0.05, 0.1) is 6.04 Å². The van der Waals surface area contributed by atoms with Crippen LogP contribution in [0.15, 0.2) is 48.5 Å². The summed E-state index contributed by atoms with van der Waals surface area (Å²) >= 11 is 0. The molecule has 3 rings (SSSR count). The fraction of sp³-hybridized carbons (Fsp3) is 0.350. The van der Waals surface area contributed by atoms with Gasteiger partial charge in [-0.3, -0.25) is 9.69 Å². The van der Waals surface area contributed by atoms with Gasteiger partial charge in [-0.1, -0.05) is 37.3 Å². The summed E-state index contributed by atoms with van der Waals surface area (Å²) in [5.41, 5.74) is 3.24. The Labute approximate surface area is 143 Å². The van der Waals surface area contributed by atoms with Gasteiger partial charge >= 0.3 is 0 Å². The minimum atomic E-state index is -0.217. The zero-order valence-electron chi connectivity index (χ0n) is 14.3. The van der Waals surface area contributed by atoms with Crippen LogP contribution in [0.3, 0.4) is 0 Å². The van der Waals surface area contributed by atoms with E-state index in [1.165, 1.54) is 5.56 Å². The second-order valence-electron chi connectivity index (χ2n) is 6.14. The van der Waals surface area contributed by atoms with Crippen LogP contribution in [0.25, 0.3) is 0 Å². The highest BCUT2D eigenvalue weighted by Crippen LogP contribution is 2.23. The largest absolute Gasteiger partial charge is 0.492 e. The van der Waals surface area contributed by atoms with E-state index >= 15 is 0 Å². The molecule has 1 aliphatic rings. The lowest BCUT2D eigenvalue weighted by Crippen LogP contribution is -2.42. The van der Waals surface area contributed by atoms with Crippen LogP contribution in [0.1, 0.15) is 25.0 Å². The average Bonchev–Trinajstić information content (AvgIpc) is 2.84. The molecular weight excluding hydrogens is 300 g/mol. The van der Waals surface area contributed by atoms with Crippen LogP contribution in [0.4, 0.5) is 5.69 Å². The van der Waals surface area contributed by atoms with Crippen molar-refractivity contribution < 1.29 is 9.53 Å². The number of fused-ring (bicyclic) bond motifs is 1. The van der Waals surface area contributed by atoms with Crippen LogP contribution in [0, 0.1) is 0 Å². The molecule has 1 heterocycles. The number of nitrogens with zero attached hydrogens (tertiary/aromatic N) is 1. The number of para-hydroxylation sites is 1. The van der Waals surface area contributed by atoms with Crippen LogP contribution in [0.2, 0.25) is 0 Å². The summed E-state index contributed by atoms with van der Waals surface area (Å²) in [6.07, 6.45) is 0.998. The molecule has 2 aromatic rings. The molecule has 0 bridgehead atoms. The molecule has 2 aromatic carbocycles. The number of hydrogen-bond acceptors (Lipinski definition) is 3. The van der Waals surface area contributed by atoms with Crippen LogP contribution >= 0.6 is 0 Å². The number of nitrogens with one attached hydrogen (secondary N) is 1. The number of carbonyl (C=O) groups excluding carboxylic acids is 1. The van der Waals surface area contributed by atoms with Crippen LogP contribution in [0.5, 0.6) is 5.75 Å². The highest BCUT2D eigenvalue weighted by Gasteiger charge is 2.24. The Morgan fingerprint density at radius 1 is 1.21 bits per heavy atom. The second-order valence-corrected chi connectivity index (χ2v) is 6.14. The molecule has 0 saturated carbocycles. The van der Waals surface area contributed by atoms with Gasteiger partial charge in [0.2, 0.25) is 5.91 Å².